The molecule has 0 unspecified atom stereocenters. The number of hydrogen-bond acceptors (Lipinski definition) is 5. The first-order valence-corrected chi connectivity index (χ1v) is 9.23. The van der Waals surface area contributed by atoms with E-state index >= 15 is 0 Å². The maximum atomic E-state index is 14.8. The molecule has 7 nitrogen and oxygen atoms in total. The van der Waals surface area contributed by atoms with Crippen LogP contribution in [0.4, 0.5) is 8.78 Å². The van der Waals surface area contributed by atoms with Gasteiger partial charge in [0, 0.05) is 17.0 Å². The van der Waals surface area contributed by atoms with Gasteiger partial charge in [0.2, 0.25) is 0 Å². The van der Waals surface area contributed by atoms with E-state index in [0.717, 1.165) is 17.5 Å². The van der Waals surface area contributed by atoms with E-state index in [1.165, 1.54) is 23.4 Å². The lowest BCUT2D eigenvalue weighted by Gasteiger charge is -2.35. The molecule has 0 aliphatic heterocycles. The standard InChI is InChI=1S/C21H18F2N6O/c1-13-17-7-15(9-24)3-6-20(17)29(27-13)14(2)21(30,10-28-12-25-11-26-28)18-5-4-16(22)8-19(18)23/h3-8,11-12,14,30H,10H2,1-2H3/t14-,21-/m1/s1. The summed E-state index contributed by atoms with van der Waals surface area (Å²) < 4.78 is 31.3. The second-order valence-electron chi connectivity index (χ2n) is 7.19. The van der Waals surface area contributed by atoms with Crippen molar-refractivity contribution in [2.24, 2.45) is 0 Å². The maximum absolute atomic E-state index is 14.8. The molecule has 0 bridgehead atoms. The molecule has 2 aromatic carbocycles. The van der Waals surface area contributed by atoms with Crippen molar-refractivity contribution in [3.8, 4) is 6.07 Å². The van der Waals surface area contributed by atoms with Crippen molar-refractivity contribution >= 4 is 10.9 Å². The molecule has 0 saturated carbocycles. The molecule has 0 aliphatic carbocycles. The molecule has 0 fully saturated rings. The van der Waals surface area contributed by atoms with Gasteiger partial charge < -0.3 is 5.11 Å². The Bertz CT molecular complexity index is 1260. The monoisotopic (exact) mass is 408 g/mol. The van der Waals surface area contributed by atoms with Gasteiger partial charge in [-0.2, -0.15) is 15.5 Å². The summed E-state index contributed by atoms with van der Waals surface area (Å²) in [5, 5.41) is 30.2. The number of fused-ring (bicyclic) bond motifs is 1. The van der Waals surface area contributed by atoms with Crippen molar-refractivity contribution in [1.82, 2.24) is 24.5 Å². The van der Waals surface area contributed by atoms with Gasteiger partial charge in [0.25, 0.3) is 0 Å². The minimum atomic E-state index is -1.83. The largest absolute Gasteiger partial charge is 0.381 e. The molecule has 2 heterocycles. The molecule has 0 radical (unpaired) electrons. The van der Waals surface area contributed by atoms with Crippen LogP contribution in [0.25, 0.3) is 10.9 Å². The Balaban J connectivity index is 1.89. The second kappa shape index (κ2) is 7.31. The summed E-state index contributed by atoms with van der Waals surface area (Å²) in [7, 11) is 0. The summed E-state index contributed by atoms with van der Waals surface area (Å²) in [4.78, 5) is 3.88. The zero-order valence-corrected chi connectivity index (χ0v) is 16.3. The minimum absolute atomic E-state index is 0.0816. The fourth-order valence-corrected chi connectivity index (χ4v) is 3.71. The summed E-state index contributed by atoms with van der Waals surface area (Å²) in [5.41, 5.74) is -0.0811. The molecule has 9 heteroatoms. The first-order chi connectivity index (χ1) is 14.3. The molecule has 4 aromatic rings. The third-order valence-electron chi connectivity index (χ3n) is 5.35. The lowest BCUT2D eigenvalue weighted by atomic mass is 9.86. The second-order valence-corrected chi connectivity index (χ2v) is 7.19. The Morgan fingerprint density at radius 3 is 2.70 bits per heavy atom. The van der Waals surface area contributed by atoms with Crippen LogP contribution in [0, 0.1) is 29.9 Å². The number of nitriles is 1. The molecule has 0 aliphatic rings. The average Bonchev–Trinajstić information content (AvgIpc) is 3.34. The van der Waals surface area contributed by atoms with Gasteiger partial charge in [-0.1, -0.05) is 6.07 Å². The highest BCUT2D eigenvalue weighted by Crippen LogP contribution is 2.38. The van der Waals surface area contributed by atoms with Crippen molar-refractivity contribution in [2.45, 2.75) is 32.0 Å². The Kier molecular flexibility index (Phi) is 4.79. The number of halogens is 2. The smallest absolute Gasteiger partial charge is 0.137 e. The SMILES string of the molecule is Cc1nn([C@H](C)[C@](O)(Cn2cncn2)c2ccc(F)cc2F)c2ccc(C#N)cc12. The van der Waals surface area contributed by atoms with Gasteiger partial charge in [0.15, 0.2) is 0 Å². The summed E-state index contributed by atoms with van der Waals surface area (Å²) in [5.74, 6) is -1.61. The van der Waals surface area contributed by atoms with E-state index in [2.05, 4.69) is 21.3 Å². The lowest BCUT2D eigenvalue weighted by Crippen LogP contribution is -2.41. The van der Waals surface area contributed by atoms with Gasteiger partial charge >= 0.3 is 0 Å². The number of benzene rings is 2. The van der Waals surface area contributed by atoms with Crippen LogP contribution in [0.5, 0.6) is 0 Å². The topological polar surface area (TPSA) is 92.5 Å². The van der Waals surface area contributed by atoms with E-state index < -0.39 is 23.3 Å². The molecular weight excluding hydrogens is 390 g/mol. The molecule has 1 N–H and O–H groups in total. The zero-order valence-electron chi connectivity index (χ0n) is 16.3. The van der Waals surface area contributed by atoms with Crippen molar-refractivity contribution in [2.75, 3.05) is 0 Å². The molecule has 0 saturated heterocycles. The van der Waals surface area contributed by atoms with Crippen LogP contribution < -0.4 is 0 Å². The van der Waals surface area contributed by atoms with Gasteiger partial charge in [-0.25, -0.2) is 18.4 Å². The number of hydrogen-bond donors (Lipinski definition) is 1. The van der Waals surface area contributed by atoms with Gasteiger partial charge in [-0.05, 0) is 38.1 Å². The van der Waals surface area contributed by atoms with Crippen LogP contribution >= 0.6 is 0 Å². The van der Waals surface area contributed by atoms with E-state index in [9.17, 15) is 19.1 Å². The van der Waals surface area contributed by atoms with Crippen molar-refractivity contribution in [1.29, 1.82) is 5.26 Å². The number of nitrogens with zero attached hydrogens (tertiary/aromatic N) is 6. The van der Waals surface area contributed by atoms with Crippen LogP contribution in [0.1, 0.15) is 29.8 Å². The number of rotatable bonds is 5. The van der Waals surface area contributed by atoms with Crippen LogP contribution in [0.2, 0.25) is 0 Å². The Labute approximate surface area is 170 Å². The Morgan fingerprint density at radius 2 is 2.03 bits per heavy atom. The third-order valence-corrected chi connectivity index (χ3v) is 5.35. The van der Waals surface area contributed by atoms with Crippen LogP contribution in [-0.2, 0) is 12.1 Å². The Morgan fingerprint density at radius 1 is 1.23 bits per heavy atom. The summed E-state index contributed by atoms with van der Waals surface area (Å²) in [6, 6.07) is 9.49. The number of aryl methyl sites for hydroxylation is 1. The highest BCUT2D eigenvalue weighted by atomic mass is 19.1. The van der Waals surface area contributed by atoms with Gasteiger partial charge in [-0.15, -0.1) is 0 Å². The molecule has 0 amide bonds. The predicted octanol–water partition coefficient (Wildman–Crippen LogP) is 3.24. The number of aromatic nitrogens is 5. The molecule has 152 valence electrons. The molecule has 4 rings (SSSR count). The molecule has 30 heavy (non-hydrogen) atoms. The van der Waals surface area contributed by atoms with E-state index in [1.807, 2.05) is 0 Å². The summed E-state index contributed by atoms with van der Waals surface area (Å²) >= 11 is 0. The first kappa shape index (κ1) is 19.7. The van der Waals surface area contributed by atoms with Crippen LogP contribution in [0.3, 0.4) is 0 Å². The van der Waals surface area contributed by atoms with Gasteiger partial charge in [-0.3, -0.25) is 4.68 Å². The average molecular weight is 408 g/mol. The molecule has 0 spiro atoms. The van der Waals surface area contributed by atoms with E-state index in [0.29, 0.717) is 16.8 Å². The summed E-state index contributed by atoms with van der Waals surface area (Å²) in [6.45, 7) is 3.36. The van der Waals surface area contributed by atoms with Crippen LogP contribution in [-0.4, -0.2) is 29.7 Å². The van der Waals surface area contributed by atoms with Gasteiger partial charge in [0.05, 0.1) is 35.4 Å². The van der Waals surface area contributed by atoms with E-state index in [-0.39, 0.29) is 12.1 Å². The Hall–Kier alpha value is -3.64. The first-order valence-electron chi connectivity index (χ1n) is 9.23. The number of aliphatic hydroxyl groups is 1. The highest BCUT2D eigenvalue weighted by molar-refractivity contribution is 5.83. The van der Waals surface area contributed by atoms with E-state index in [1.54, 1.807) is 36.7 Å². The maximum Gasteiger partial charge on any atom is 0.137 e. The van der Waals surface area contributed by atoms with E-state index in [4.69, 9.17) is 0 Å². The van der Waals surface area contributed by atoms with Gasteiger partial charge in [0.1, 0.15) is 29.9 Å². The fourth-order valence-electron chi connectivity index (χ4n) is 3.71. The fraction of sp³-hybridized carbons (Fsp3) is 0.238. The minimum Gasteiger partial charge on any atom is -0.381 e. The molecular formula is C21H18F2N6O. The summed E-state index contributed by atoms with van der Waals surface area (Å²) in [6.07, 6.45) is 2.72. The third kappa shape index (κ3) is 3.21. The van der Waals surface area contributed by atoms with Crippen molar-refractivity contribution < 1.29 is 13.9 Å². The molecule has 2 atom stereocenters. The van der Waals surface area contributed by atoms with Crippen LogP contribution in [0.15, 0.2) is 49.1 Å². The van der Waals surface area contributed by atoms with Crippen molar-refractivity contribution in [3.63, 3.8) is 0 Å². The normalized spacial score (nSPS) is 14.4. The molecule has 2 aromatic heterocycles. The lowest BCUT2D eigenvalue weighted by molar-refractivity contribution is -0.0355. The highest BCUT2D eigenvalue weighted by Gasteiger charge is 2.41. The van der Waals surface area contributed by atoms with Crippen molar-refractivity contribution in [3.05, 3.63) is 77.5 Å². The zero-order chi connectivity index (χ0) is 21.5. The quantitative estimate of drug-likeness (QED) is 0.547. The predicted molar refractivity (Wildman–Crippen MR) is 104 cm³/mol.